The van der Waals surface area contributed by atoms with Gasteiger partial charge in [0.15, 0.2) is 0 Å². The molecule has 2 rings (SSSR count). The van der Waals surface area contributed by atoms with Gasteiger partial charge < -0.3 is 15.8 Å². The van der Waals surface area contributed by atoms with E-state index in [0.29, 0.717) is 6.42 Å². The first-order chi connectivity index (χ1) is 10.7. The van der Waals surface area contributed by atoms with Crippen molar-refractivity contribution < 1.29 is 9.53 Å². The van der Waals surface area contributed by atoms with Gasteiger partial charge in [0.1, 0.15) is 0 Å². The van der Waals surface area contributed by atoms with Crippen molar-refractivity contribution in [3.8, 4) is 0 Å². The molecule has 1 aromatic rings. The van der Waals surface area contributed by atoms with Crippen LogP contribution in [0.2, 0.25) is 0 Å². The Bertz CT molecular complexity index is 446. The van der Waals surface area contributed by atoms with Crippen LogP contribution in [0.3, 0.4) is 0 Å². The van der Waals surface area contributed by atoms with Gasteiger partial charge in [0.25, 0.3) is 0 Å². The molecule has 5 heteroatoms. The third-order valence-electron chi connectivity index (χ3n) is 4.00. The highest BCUT2D eigenvalue weighted by atomic mass is 16.5. The van der Waals surface area contributed by atoms with Crippen LogP contribution in [0.25, 0.3) is 0 Å². The van der Waals surface area contributed by atoms with E-state index in [1.54, 1.807) is 0 Å². The number of morpholine rings is 1. The van der Waals surface area contributed by atoms with E-state index in [1.807, 2.05) is 25.1 Å². The van der Waals surface area contributed by atoms with Gasteiger partial charge in [0.2, 0.25) is 5.91 Å². The van der Waals surface area contributed by atoms with Crippen LogP contribution in [0.4, 0.5) is 0 Å². The number of hydrogen-bond acceptors (Lipinski definition) is 4. The van der Waals surface area contributed by atoms with E-state index in [2.05, 4.69) is 22.3 Å². The number of nitrogens with one attached hydrogen (secondary N) is 1. The summed E-state index contributed by atoms with van der Waals surface area (Å²) in [6, 6.07) is 9.63. The van der Waals surface area contributed by atoms with Gasteiger partial charge in [-0.1, -0.05) is 43.7 Å². The molecule has 1 fully saturated rings. The largest absolute Gasteiger partial charge is 0.379 e. The highest BCUT2D eigenvalue weighted by Crippen LogP contribution is 2.15. The zero-order chi connectivity index (χ0) is 15.8. The second-order valence-corrected chi connectivity index (χ2v) is 5.78. The van der Waals surface area contributed by atoms with Crippen molar-refractivity contribution in [2.75, 3.05) is 32.8 Å². The lowest BCUT2D eigenvalue weighted by Crippen LogP contribution is -2.47. The second-order valence-electron chi connectivity index (χ2n) is 5.78. The fourth-order valence-corrected chi connectivity index (χ4v) is 2.68. The molecule has 1 aliphatic rings. The van der Waals surface area contributed by atoms with Gasteiger partial charge in [-0.2, -0.15) is 0 Å². The summed E-state index contributed by atoms with van der Waals surface area (Å²) in [5.41, 5.74) is 7.06. The van der Waals surface area contributed by atoms with Gasteiger partial charge >= 0.3 is 0 Å². The summed E-state index contributed by atoms with van der Waals surface area (Å²) in [6.45, 7) is 6.14. The normalized spacial score (nSPS) is 18.6. The van der Waals surface area contributed by atoms with E-state index in [4.69, 9.17) is 10.5 Å². The van der Waals surface area contributed by atoms with E-state index in [1.165, 1.54) is 0 Å². The van der Waals surface area contributed by atoms with Crippen LogP contribution >= 0.6 is 0 Å². The Morgan fingerprint density at radius 2 is 2.00 bits per heavy atom. The van der Waals surface area contributed by atoms with Gasteiger partial charge in [-0.25, -0.2) is 0 Å². The number of amides is 1. The molecular weight excluding hydrogens is 278 g/mol. The molecule has 0 aliphatic carbocycles. The Labute approximate surface area is 132 Å². The number of benzene rings is 1. The molecule has 2 atom stereocenters. The molecule has 22 heavy (non-hydrogen) atoms. The quantitative estimate of drug-likeness (QED) is 0.797. The molecule has 0 bridgehead atoms. The minimum absolute atomic E-state index is 0.0327. The first kappa shape index (κ1) is 16.9. The lowest BCUT2D eigenvalue weighted by Gasteiger charge is -2.31. The van der Waals surface area contributed by atoms with Crippen molar-refractivity contribution in [3.63, 3.8) is 0 Å². The summed E-state index contributed by atoms with van der Waals surface area (Å²) in [6.07, 6.45) is 1.62. The molecule has 122 valence electrons. The summed E-state index contributed by atoms with van der Waals surface area (Å²) >= 11 is 0. The Balaban J connectivity index is 2.02. The van der Waals surface area contributed by atoms with Crippen LogP contribution in [-0.2, 0) is 9.53 Å². The lowest BCUT2D eigenvalue weighted by atomic mass is 10.0. The minimum atomic E-state index is -0.430. The molecule has 3 N–H and O–H groups in total. The molecule has 5 nitrogen and oxygen atoms in total. The van der Waals surface area contributed by atoms with E-state index in [0.717, 1.165) is 44.8 Å². The zero-order valence-corrected chi connectivity index (χ0v) is 13.3. The Kier molecular flexibility index (Phi) is 6.83. The number of nitrogens with two attached hydrogens (primary N) is 1. The van der Waals surface area contributed by atoms with Crippen LogP contribution < -0.4 is 11.1 Å². The molecule has 1 amide bonds. The number of ether oxygens (including phenoxy) is 1. The molecule has 0 spiro atoms. The summed E-state index contributed by atoms with van der Waals surface area (Å²) in [4.78, 5) is 14.6. The first-order valence-corrected chi connectivity index (χ1v) is 8.11. The van der Waals surface area contributed by atoms with Gasteiger partial charge in [-0.3, -0.25) is 9.69 Å². The second kappa shape index (κ2) is 8.88. The monoisotopic (exact) mass is 305 g/mol. The molecular formula is C17H27N3O2. The smallest absolute Gasteiger partial charge is 0.237 e. The van der Waals surface area contributed by atoms with Crippen LogP contribution in [0.5, 0.6) is 0 Å². The SMILES string of the molecule is CCCC(N)C(=O)NC(CN1CCOCC1)c1ccccc1. The van der Waals surface area contributed by atoms with Gasteiger partial charge in [-0.05, 0) is 12.0 Å². The molecule has 1 saturated heterocycles. The standard InChI is InChI=1S/C17H27N3O2/c1-2-6-15(18)17(21)19-16(14-7-4-3-5-8-14)13-20-9-11-22-12-10-20/h3-5,7-8,15-16H,2,6,9-13,18H2,1H3,(H,19,21). The van der Waals surface area contributed by atoms with E-state index >= 15 is 0 Å². The van der Waals surface area contributed by atoms with Gasteiger partial charge in [-0.15, -0.1) is 0 Å². The molecule has 1 heterocycles. The third-order valence-corrected chi connectivity index (χ3v) is 4.00. The van der Waals surface area contributed by atoms with E-state index in [9.17, 15) is 4.79 Å². The lowest BCUT2D eigenvalue weighted by molar-refractivity contribution is -0.123. The molecule has 2 unspecified atom stereocenters. The van der Waals surface area contributed by atoms with Crippen molar-refractivity contribution in [3.05, 3.63) is 35.9 Å². The predicted octanol–water partition coefficient (Wildman–Crippen LogP) is 1.30. The van der Waals surface area contributed by atoms with Crippen LogP contribution in [0.15, 0.2) is 30.3 Å². The van der Waals surface area contributed by atoms with Crippen molar-refractivity contribution >= 4 is 5.91 Å². The molecule has 1 aromatic carbocycles. The molecule has 0 radical (unpaired) electrons. The number of carbonyl (C=O) groups is 1. The summed E-state index contributed by atoms with van der Waals surface area (Å²) < 4.78 is 5.39. The van der Waals surface area contributed by atoms with E-state index < -0.39 is 6.04 Å². The third kappa shape index (κ3) is 5.09. The minimum Gasteiger partial charge on any atom is -0.379 e. The Morgan fingerprint density at radius 3 is 2.64 bits per heavy atom. The van der Waals surface area contributed by atoms with Crippen LogP contribution in [0.1, 0.15) is 31.4 Å². The van der Waals surface area contributed by atoms with Gasteiger partial charge in [0.05, 0.1) is 25.3 Å². The van der Waals surface area contributed by atoms with Crippen molar-refractivity contribution in [2.24, 2.45) is 5.73 Å². The Hall–Kier alpha value is -1.43. The predicted molar refractivity (Wildman–Crippen MR) is 87.5 cm³/mol. The Morgan fingerprint density at radius 1 is 1.32 bits per heavy atom. The molecule has 1 aliphatic heterocycles. The highest BCUT2D eigenvalue weighted by molar-refractivity contribution is 5.81. The fraction of sp³-hybridized carbons (Fsp3) is 0.588. The summed E-state index contributed by atoms with van der Waals surface area (Å²) in [5, 5.41) is 3.12. The van der Waals surface area contributed by atoms with Crippen molar-refractivity contribution in [1.82, 2.24) is 10.2 Å². The maximum atomic E-state index is 12.3. The van der Waals surface area contributed by atoms with Gasteiger partial charge in [0, 0.05) is 19.6 Å². The van der Waals surface area contributed by atoms with Crippen LogP contribution in [0, 0.1) is 0 Å². The van der Waals surface area contributed by atoms with Crippen molar-refractivity contribution in [1.29, 1.82) is 0 Å². The molecule has 0 aromatic heterocycles. The van der Waals surface area contributed by atoms with Crippen molar-refractivity contribution in [2.45, 2.75) is 31.8 Å². The average molecular weight is 305 g/mol. The number of nitrogens with zero attached hydrogens (tertiary/aromatic N) is 1. The first-order valence-electron chi connectivity index (χ1n) is 8.11. The maximum absolute atomic E-state index is 12.3. The topological polar surface area (TPSA) is 67.6 Å². The fourth-order valence-electron chi connectivity index (χ4n) is 2.68. The zero-order valence-electron chi connectivity index (χ0n) is 13.3. The number of carbonyl (C=O) groups excluding carboxylic acids is 1. The van der Waals surface area contributed by atoms with Crippen LogP contribution in [-0.4, -0.2) is 49.7 Å². The highest BCUT2D eigenvalue weighted by Gasteiger charge is 2.22. The van der Waals surface area contributed by atoms with E-state index in [-0.39, 0.29) is 11.9 Å². The molecule has 0 saturated carbocycles. The maximum Gasteiger partial charge on any atom is 0.237 e. The number of rotatable bonds is 7. The summed E-state index contributed by atoms with van der Waals surface area (Å²) in [7, 11) is 0. The number of hydrogen-bond donors (Lipinski definition) is 2. The summed E-state index contributed by atoms with van der Waals surface area (Å²) in [5.74, 6) is -0.0658. The average Bonchev–Trinajstić information content (AvgIpc) is 2.56.